The molecule has 0 aliphatic carbocycles. The Balaban J connectivity index is 0. The van der Waals surface area contributed by atoms with Crippen molar-refractivity contribution < 1.29 is 9.36 Å². The van der Waals surface area contributed by atoms with Crippen molar-refractivity contribution in [3.8, 4) is 0 Å². The van der Waals surface area contributed by atoms with Crippen LogP contribution in [0.1, 0.15) is 31.1 Å². The maximum atomic E-state index is 10.6. The first-order valence-electron chi connectivity index (χ1n) is 4.94. The van der Waals surface area contributed by atoms with Crippen molar-refractivity contribution >= 4 is 13.6 Å². The lowest BCUT2D eigenvalue weighted by molar-refractivity contribution is 0.101. The second-order valence-corrected chi connectivity index (χ2v) is 4.36. The van der Waals surface area contributed by atoms with Crippen molar-refractivity contribution in [2.75, 3.05) is 13.3 Å². The van der Waals surface area contributed by atoms with E-state index >= 15 is 0 Å². The maximum absolute atomic E-state index is 10.6. The molecule has 0 aromatic heterocycles. The van der Waals surface area contributed by atoms with Crippen molar-refractivity contribution in [3.05, 3.63) is 35.9 Å². The smallest absolute Gasteiger partial charge is 0.295 e. The summed E-state index contributed by atoms with van der Waals surface area (Å²) in [5.74, 6) is 0.121. The highest BCUT2D eigenvalue weighted by atomic mass is 31.1. The average Bonchev–Trinajstić information content (AvgIpc) is 2.21. The fourth-order valence-corrected chi connectivity index (χ4v) is 0.673. The fraction of sp³-hybridized carbons (Fsp3) is 0.417. The molecule has 0 amide bonds. The molecule has 0 saturated heterocycles. The molecule has 2 nitrogen and oxygen atoms in total. The molecule has 1 aromatic rings. The molecule has 0 unspecified atom stereocenters. The molecule has 0 heterocycles. The van der Waals surface area contributed by atoms with Gasteiger partial charge < -0.3 is 0 Å². The van der Waals surface area contributed by atoms with Crippen LogP contribution in [0.15, 0.2) is 30.3 Å². The van der Waals surface area contributed by atoms with Crippen LogP contribution < -0.4 is 0 Å². The van der Waals surface area contributed by atoms with Crippen LogP contribution in [0.2, 0.25) is 0 Å². The van der Waals surface area contributed by atoms with Gasteiger partial charge in [-0.15, -0.1) is 0 Å². The van der Waals surface area contributed by atoms with E-state index in [4.69, 9.17) is 0 Å². The van der Waals surface area contributed by atoms with Crippen LogP contribution in [0.25, 0.3) is 0 Å². The quantitative estimate of drug-likeness (QED) is 0.537. The monoisotopic (exact) mass is 227 g/mol. The molecular weight excluding hydrogens is 207 g/mol. The van der Waals surface area contributed by atoms with Crippen molar-refractivity contribution in [1.29, 1.82) is 0 Å². The summed E-state index contributed by atoms with van der Waals surface area (Å²) in [5, 5.41) is 0. The van der Waals surface area contributed by atoms with E-state index < -0.39 is 7.80 Å². The van der Waals surface area contributed by atoms with Crippen LogP contribution >= 0.6 is 7.80 Å². The minimum Gasteiger partial charge on any atom is -0.295 e. The van der Waals surface area contributed by atoms with E-state index in [2.05, 4.69) is 0 Å². The Labute approximate surface area is 93.5 Å². The zero-order chi connectivity index (χ0) is 12.3. The largest absolute Gasteiger partial charge is 0.332 e. The van der Waals surface area contributed by atoms with Crippen LogP contribution in [0.5, 0.6) is 0 Å². The predicted octanol–water partition coefficient (Wildman–Crippen LogP) is 3.99. The molecule has 1 rings (SSSR count). The van der Waals surface area contributed by atoms with Crippen LogP contribution in [-0.2, 0) is 4.57 Å². The first-order valence-corrected chi connectivity index (χ1v) is 7.10. The van der Waals surface area contributed by atoms with Gasteiger partial charge in [-0.1, -0.05) is 48.7 Å². The van der Waals surface area contributed by atoms with Gasteiger partial charge in [-0.05, 0) is 6.92 Å². The summed E-state index contributed by atoms with van der Waals surface area (Å²) in [6.07, 6.45) is 0. The summed E-state index contributed by atoms with van der Waals surface area (Å²) >= 11 is 0. The molecule has 3 heteroatoms. The Morgan fingerprint density at radius 3 is 1.60 bits per heavy atom. The third-order valence-electron chi connectivity index (χ3n) is 1.18. The number of benzene rings is 1. The van der Waals surface area contributed by atoms with Crippen LogP contribution in [0.4, 0.5) is 0 Å². The molecule has 1 aromatic carbocycles. The SMILES string of the molecule is CC.CC(=O)c1ccccc1.C[P+](C)=O. The normalized spacial score (nSPS) is 7.53. The molecule has 0 atom stereocenters. The fourth-order valence-electron chi connectivity index (χ4n) is 0.673. The lowest BCUT2D eigenvalue weighted by Crippen LogP contribution is -1.88. The van der Waals surface area contributed by atoms with Crippen molar-refractivity contribution in [1.82, 2.24) is 0 Å². The molecule has 15 heavy (non-hydrogen) atoms. The number of hydrogen-bond acceptors (Lipinski definition) is 2. The van der Waals surface area contributed by atoms with E-state index in [0.29, 0.717) is 0 Å². The Morgan fingerprint density at radius 1 is 1.07 bits per heavy atom. The Kier molecular flexibility index (Phi) is 12.1. The van der Waals surface area contributed by atoms with Crippen LogP contribution in [0.3, 0.4) is 0 Å². The van der Waals surface area contributed by atoms with Crippen LogP contribution in [-0.4, -0.2) is 19.1 Å². The van der Waals surface area contributed by atoms with Gasteiger partial charge in [0.15, 0.2) is 5.78 Å². The van der Waals surface area contributed by atoms with Gasteiger partial charge in [-0.3, -0.25) is 4.79 Å². The summed E-state index contributed by atoms with van der Waals surface area (Å²) in [7, 11) is -0.870. The predicted molar refractivity (Wildman–Crippen MR) is 67.2 cm³/mol. The molecule has 0 aliphatic rings. The highest BCUT2D eigenvalue weighted by Crippen LogP contribution is 2.00. The van der Waals surface area contributed by atoms with Gasteiger partial charge in [0, 0.05) is 5.56 Å². The first kappa shape index (κ1) is 16.4. The number of Topliss-reactive ketones (excluding diaryl/α,β-unsaturated/α-hetero) is 1. The van der Waals surface area contributed by atoms with E-state index in [1.54, 1.807) is 20.3 Å². The minimum atomic E-state index is -0.870. The molecule has 0 saturated carbocycles. The standard InChI is InChI=1S/C8H8O.C2H6OP.C2H6/c1-7(9)8-5-3-2-4-6-8;1-4(2)3;1-2/h2-6H,1H3;1-2H3;1-2H3/q;+1;. The Hall–Kier alpha value is -1.01. The first-order chi connectivity index (χ1) is 7.04. The third kappa shape index (κ3) is 13.0. The van der Waals surface area contributed by atoms with Gasteiger partial charge in [-0.25, -0.2) is 0 Å². The van der Waals surface area contributed by atoms with Gasteiger partial charge in [0.05, 0.1) is 0 Å². The zero-order valence-corrected chi connectivity index (χ0v) is 11.0. The molecule has 0 fully saturated rings. The minimum absolute atomic E-state index is 0.121. The maximum Gasteiger partial charge on any atom is 0.332 e. The third-order valence-corrected chi connectivity index (χ3v) is 1.18. The summed E-state index contributed by atoms with van der Waals surface area (Å²) in [6.45, 7) is 8.92. The van der Waals surface area contributed by atoms with Gasteiger partial charge in [0.2, 0.25) is 0 Å². The zero-order valence-electron chi connectivity index (χ0n) is 10.2. The van der Waals surface area contributed by atoms with Gasteiger partial charge in [-0.2, -0.15) is 0 Å². The molecule has 0 spiro atoms. The molecule has 84 valence electrons. The molecular formula is C12H20O2P+. The summed E-state index contributed by atoms with van der Waals surface area (Å²) in [6, 6.07) is 9.23. The van der Waals surface area contributed by atoms with E-state index in [1.807, 2.05) is 44.2 Å². The van der Waals surface area contributed by atoms with Crippen molar-refractivity contribution in [2.24, 2.45) is 0 Å². The lowest BCUT2D eigenvalue weighted by atomic mass is 10.2. The number of carbonyl (C=O) groups is 1. The van der Waals surface area contributed by atoms with Crippen molar-refractivity contribution in [2.45, 2.75) is 20.8 Å². The van der Waals surface area contributed by atoms with E-state index in [0.717, 1.165) is 5.56 Å². The van der Waals surface area contributed by atoms with E-state index in [9.17, 15) is 9.36 Å². The van der Waals surface area contributed by atoms with Gasteiger partial charge >= 0.3 is 7.80 Å². The summed E-state index contributed by atoms with van der Waals surface area (Å²) in [4.78, 5) is 10.6. The highest BCUT2D eigenvalue weighted by molar-refractivity contribution is 7.42. The molecule has 0 radical (unpaired) electrons. The van der Waals surface area contributed by atoms with Gasteiger partial charge in [0.1, 0.15) is 13.3 Å². The number of rotatable bonds is 1. The highest BCUT2D eigenvalue weighted by Gasteiger charge is 1.92. The average molecular weight is 227 g/mol. The lowest BCUT2D eigenvalue weighted by Gasteiger charge is -1.89. The molecule has 0 bridgehead atoms. The second kappa shape index (κ2) is 11.1. The number of carbonyl (C=O) groups excluding carboxylic acids is 1. The molecule has 0 N–H and O–H groups in total. The number of ketones is 1. The van der Waals surface area contributed by atoms with Gasteiger partial charge in [0.25, 0.3) is 0 Å². The molecule has 0 aliphatic heterocycles. The summed E-state index contributed by atoms with van der Waals surface area (Å²) in [5.41, 5.74) is 0.775. The number of hydrogen-bond donors (Lipinski definition) is 0. The topological polar surface area (TPSA) is 34.1 Å². The summed E-state index contributed by atoms with van der Waals surface area (Å²) < 4.78 is 9.59. The van der Waals surface area contributed by atoms with E-state index in [-0.39, 0.29) is 5.78 Å². The van der Waals surface area contributed by atoms with Crippen LogP contribution in [0, 0.1) is 0 Å². The second-order valence-electron chi connectivity index (χ2n) is 2.73. The van der Waals surface area contributed by atoms with E-state index in [1.165, 1.54) is 0 Å². The Morgan fingerprint density at radius 2 is 1.40 bits per heavy atom. The Bertz CT molecular complexity index is 277. The van der Waals surface area contributed by atoms with Crippen molar-refractivity contribution in [3.63, 3.8) is 0 Å².